The van der Waals surface area contributed by atoms with Crippen LogP contribution in [-0.2, 0) is 0 Å². The summed E-state index contributed by atoms with van der Waals surface area (Å²) >= 11 is 1.48. The highest BCUT2D eigenvalue weighted by atomic mass is 32.1. The number of nitro benzene ring substituents is 1. The van der Waals surface area contributed by atoms with Crippen LogP contribution in [0.4, 0.5) is 11.4 Å². The number of aromatic nitrogens is 1. The summed E-state index contributed by atoms with van der Waals surface area (Å²) in [5, 5.41) is 15.5. The molecule has 5 nitrogen and oxygen atoms in total. The van der Waals surface area contributed by atoms with Crippen molar-refractivity contribution < 1.29 is 4.92 Å². The maximum absolute atomic E-state index is 11.3. The van der Waals surface area contributed by atoms with E-state index in [2.05, 4.69) is 31.1 Å². The van der Waals surface area contributed by atoms with Gasteiger partial charge in [-0.1, -0.05) is 20.8 Å². The number of aryl methyl sites for hydroxylation is 1. The van der Waals surface area contributed by atoms with Gasteiger partial charge in [0.2, 0.25) is 0 Å². The molecule has 1 aromatic heterocycles. The van der Waals surface area contributed by atoms with Gasteiger partial charge in [-0.05, 0) is 25.3 Å². The van der Waals surface area contributed by atoms with Gasteiger partial charge in [0.1, 0.15) is 5.69 Å². The van der Waals surface area contributed by atoms with Gasteiger partial charge >= 0.3 is 0 Å². The average molecular weight is 293 g/mol. The second kappa shape index (κ2) is 5.75. The Hall–Kier alpha value is -1.69. The van der Waals surface area contributed by atoms with Gasteiger partial charge in [0.15, 0.2) is 0 Å². The van der Waals surface area contributed by atoms with E-state index in [4.69, 9.17) is 0 Å². The van der Waals surface area contributed by atoms with E-state index in [0.717, 1.165) is 21.6 Å². The van der Waals surface area contributed by atoms with E-state index in [1.807, 2.05) is 6.92 Å². The summed E-state index contributed by atoms with van der Waals surface area (Å²) in [5.74, 6) is 0.410. The first-order chi connectivity index (χ1) is 9.42. The molecule has 0 spiro atoms. The summed E-state index contributed by atoms with van der Waals surface area (Å²) in [6.45, 7) is 8.21. The minimum absolute atomic E-state index is 0.125. The monoisotopic (exact) mass is 293 g/mol. The summed E-state index contributed by atoms with van der Waals surface area (Å²) in [4.78, 5) is 15.3. The molecule has 1 heterocycles. The number of rotatable bonds is 5. The van der Waals surface area contributed by atoms with Crippen LogP contribution in [0.3, 0.4) is 0 Å². The second-order valence-electron chi connectivity index (χ2n) is 5.23. The molecule has 0 aliphatic heterocycles. The molecule has 0 bridgehead atoms. The third-order valence-electron chi connectivity index (χ3n) is 3.39. The molecule has 0 fully saturated rings. The van der Waals surface area contributed by atoms with E-state index in [1.165, 1.54) is 11.3 Å². The van der Waals surface area contributed by atoms with Crippen molar-refractivity contribution in [1.29, 1.82) is 0 Å². The largest absolute Gasteiger partial charge is 0.376 e. The van der Waals surface area contributed by atoms with Gasteiger partial charge < -0.3 is 5.32 Å². The fourth-order valence-electron chi connectivity index (χ4n) is 2.28. The quantitative estimate of drug-likeness (QED) is 0.657. The predicted molar refractivity (Wildman–Crippen MR) is 83.6 cm³/mol. The van der Waals surface area contributed by atoms with Crippen molar-refractivity contribution in [3.8, 4) is 0 Å². The molecular formula is C14H19N3O2S. The molecule has 2 rings (SSSR count). The van der Waals surface area contributed by atoms with E-state index in [9.17, 15) is 10.1 Å². The Morgan fingerprint density at radius 2 is 2.15 bits per heavy atom. The number of hydrogen-bond acceptors (Lipinski definition) is 5. The molecule has 0 aliphatic carbocycles. The van der Waals surface area contributed by atoms with Crippen molar-refractivity contribution in [3.63, 3.8) is 0 Å². The van der Waals surface area contributed by atoms with Gasteiger partial charge in [-0.3, -0.25) is 10.1 Å². The molecule has 108 valence electrons. The number of anilines is 1. The van der Waals surface area contributed by atoms with Crippen LogP contribution >= 0.6 is 11.3 Å². The summed E-state index contributed by atoms with van der Waals surface area (Å²) in [5.41, 5.74) is 1.51. The lowest BCUT2D eigenvalue weighted by molar-refractivity contribution is -0.383. The Morgan fingerprint density at radius 3 is 2.70 bits per heavy atom. The highest BCUT2D eigenvalue weighted by molar-refractivity contribution is 7.18. The first kappa shape index (κ1) is 14.7. The molecule has 1 unspecified atom stereocenters. The van der Waals surface area contributed by atoms with E-state index < -0.39 is 0 Å². The summed E-state index contributed by atoms with van der Waals surface area (Å²) < 4.78 is 0.859. The minimum Gasteiger partial charge on any atom is -0.376 e. The molecule has 6 heteroatoms. The molecule has 20 heavy (non-hydrogen) atoms. The number of hydrogen-bond donors (Lipinski definition) is 1. The van der Waals surface area contributed by atoms with Crippen LogP contribution < -0.4 is 5.32 Å². The van der Waals surface area contributed by atoms with Gasteiger partial charge in [-0.15, -0.1) is 11.3 Å². The van der Waals surface area contributed by atoms with E-state index in [1.54, 1.807) is 12.1 Å². The normalized spacial score (nSPS) is 12.8. The highest BCUT2D eigenvalue weighted by Crippen LogP contribution is 2.34. The standard InChI is InChI=1S/C14H19N3O2S/c1-5-10(8(2)3)16-11-6-12-14(20-9(4)15-12)7-13(11)17(18)19/h6-8,10,16H,5H2,1-4H3. The van der Waals surface area contributed by atoms with Crippen LogP contribution in [-0.4, -0.2) is 15.9 Å². The lowest BCUT2D eigenvalue weighted by Crippen LogP contribution is -2.25. The topological polar surface area (TPSA) is 68.1 Å². The molecule has 0 saturated carbocycles. The number of fused-ring (bicyclic) bond motifs is 1. The lowest BCUT2D eigenvalue weighted by Gasteiger charge is -2.21. The van der Waals surface area contributed by atoms with E-state index in [-0.39, 0.29) is 16.7 Å². The van der Waals surface area contributed by atoms with Gasteiger partial charge in [0.05, 0.1) is 20.1 Å². The summed E-state index contributed by atoms with van der Waals surface area (Å²) in [7, 11) is 0. The molecule has 1 N–H and O–H groups in total. The Kier molecular flexibility index (Phi) is 4.23. The molecule has 0 aliphatic rings. The zero-order valence-electron chi connectivity index (χ0n) is 12.1. The first-order valence-electron chi connectivity index (χ1n) is 6.74. The summed E-state index contributed by atoms with van der Waals surface area (Å²) in [6, 6.07) is 3.63. The van der Waals surface area contributed by atoms with Crippen molar-refractivity contribution >= 4 is 32.9 Å². The molecule has 2 aromatic rings. The Morgan fingerprint density at radius 1 is 1.45 bits per heavy atom. The Bertz CT molecular complexity index is 637. The number of nitrogens with zero attached hydrogens (tertiary/aromatic N) is 2. The Labute approximate surface area is 122 Å². The Balaban J connectivity index is 2.48. The fourth-order valence-corrected chi connectivity index (χ4v) is 3.13. The first-order valence-corrected chi connectivity index (χ1v) is 7.56. The average Bonchev–Trinajstić information content (AvgIpc) is 2.73. The third-order valence-corrected chi connectivity index (χ3v) is 4.33. The van der Waals surface area contributed by atoms with Gasteiger partial charge in [-0.25, -0.2) is 4.98 Å². The SMILES string of the molecule is CCC(Nc1cc2nc(C)sc2cc1[N+](=O)[O-])C(C)C. The predicted octanol–water partition coefficient (Wildman–Crippen LogP) is 4.36. The van der Waals surface area contributed by atoms with Crippen LogP contribution in [0.25, 0.3) is 10.2 Å². The number of benzene rings is 1. The smallest absolute Gasteiger partial charge is 0.293 e. The molecule has 0 saturated heterocycles. The molecule has 1 atom stereocenters. The van der Waals surface area contributed by atoms with Crippen LogP contribution in [0.15, 0.2) is 12.1 Å². The summed E-state index contributed by atoms with van der Waals surface area (Å²) in [6.07, 6.45) is 0.920. The minimum atomic E-state index is -0.329. The van der Waals surface area contributed by atoms with Gasteiger partial charge in [-0.2, -0.15) is 0 Å². The number of nitrogens with one attached hydrogen (secondary N) is 1. The van der Waals surface area contributed by atoms with Crippen molar-refractivity contribution in [2.75, 3.05) is 5.32 Å². The molecular weight excluding hydrogens is 274 g/mol. The molecule has 0 amide bonds. The van der Waals surface area contributed by atoms with Crippen LogP contribution in [0.5, 0.6) is 0 Å². The van der Waals surface area contributed by atoms with Crippen molar-refractivity contribution in [2.24, 2.45) is 5.92 Å². The van der Waals surface area contributed by atoms with Crippen molar-refractivity contribution in [1.82, 2.24) is 4.98 Å². The van der Waals surface area contributed by atoms with Gasteiger partial charge in [0.25, 0.3) is 5.69 Å². The fraction of sp³-hybridized carbons (Fsp3) is 0.500. The number of nitro groups is 1. The maximum Gasteiger partial charge on any atom is 0.293 e. The maximum atomic E-state index is 11.3. The van der Waals surface area contributed by atoms with Crippen molar-refractivity contribution in [3.05, 3.63) is 27.3 Å². The van der Waals surface area contributed by atoms with Crippen molar-refractivity contribution in [2.45, 2.75) is 40.2 Å². The number of thiazole rings is 1. The zero-order chi connectivity index (χ0) is 14.9. The zero-order valence-corrected chi connectivity index (χ0v) is 13.0. The van der Waals surface area contributed by atoms with Gasteiger partial charge in [0, 0.05) is 12.1 Å². The van der Waals surface area contributed by atoms with Crippen LogP contribution in [0, 0.1) is 23.0 Å². The molecule has 1 aromatic carbocycles. The second-order valence-corrected chi connectivity index (χ2v) is 6.46. The van der Waals surface area contributed by atoms with Crippen LogP contribution in [0.2, 0.25) is 0 Å². The van der Waals surface area contributed by atoms with E-state index in [0.29, 0.717) is 11.6 Å². The highest BCUT2D eigenvalue weighted by Gasteiger charge is 2.20. The lowest BCUT2D eigenvalue weighted by atomic mass is 10.0. The third kappa shape index (κ3) is 2.90. The molecule has 0 radical (unpaired) electrons. The van der Waals surface area contributed by atoms with Crippen LogP contribution in [0.1, 0.15) is 32.2 Å². The van der Waals surface area contributed by atoms with E-state index >= 15 is 0 Å².